The van der Waals surface area contributed by atoms with Gasteiger partial charge in [0.2, 0.25) is 0 Å². The largest absolute Gasteiger partial charge is 0.381 e. The van der Waals surface area contributed by atoms with Crippen LogP contribution in [0.3, 0.4) is 0 Å². The van der Waals surface area contributed by atoms with Gasteiger partial charge in [-0.2, -0.15) is 0 Å². The fraction of sp³-hybridized carbons (Fsp3) is 0.688. The topological polar surface area (TPSA) is 36.9 Å². The second-order valence-corrected chi connectivity index (χ2v) is 7.30. The van der Waals surface area contributed by atoms with Crippen molar-refractivity contribution in [2.24, 2.45) is 10.4 Å². The van der Waals surface area contributed by atoms with E-state index in [1.807, 2.05) is 18.4 Å². The molecule has 2 unspecified atom stereocenters. The lowest BCUT2D eigenvalue weighted by Gasteiger charge is -2.25. The van der Waals surface area contributed by atoms with Gasteiger partial charge in [0.1, 0.15) is 0 Å². The van der Waals surface area contributed by atoms with Gasteiger partial charge >= 0.3 is 0 Å². The Morgan fingerprint density at radius 2 is 2.48 bits per heavy atom. The first-order valence-electron chi connectivity index (χ1n) is 7.79. The zero-order valence-electron chi connectivity index (χ0n) is 13.0. The van der Waals surface area contributed by atoms with Crippen molar-refractivity contribution in [2.75, 3.05) is 39.9 Å². The second-order valence-electron chi connectivity index (χ2n) is 6.32. The zero-order chi connectivity index (χ0) is 14.7. The highest BCUT2D eigenvalue weighted by molar-refractivity contribution is 7.10. The van der Waals surface area contributed by atoms with E-state index in [4.69, 9.17) is 4.74 Å². The third-order valence-corrected chi connectivity index (χ3v) is 5.83. The Morgan fingerprint density at radius 3 is 3.14 bits per heavy atom. The molecule has 2 saturated heterocycles. The third kappa shape index (κ3) is 3.24. The summed E-state index contributed by atoms with van der Waals surface area (Å²) in [7, 11) is 1.88. The summed E-state index contributed by atoms with van der Waals surface area (Å²) in [5.41, 5.74) is 0.386. The van der Waals surface area contributed by atoms with Crippen LogP contribution in [0.5, 0.6) is 0 Å². The molecular formula is C16H25N3OS. The van der Waals surface area contributed by atoms with Crippen molar-refractivity contribution in [2.45, 2.75) is 25.7 Å². The molecule has 116 valence electrons. The molecule has 0 saturated carbocycles. The van der Waals surface area contributed by atoms with Crippen molar-refractivity contribution >= 4 is 17.3 Å². The minimum Gasteiger partial charge on any atom is -0.381 e. The molecule has 1 aromatic heterocycles. The van der Waals surface area contributed by atoms with Crippen molar-refractivity contribution < 1.29 is 4.74 Å². The highest BCUT2D eigenvalue weighted by Crippen LogP contribution is 2.38. The third-order valence-electron chi connectivity index (χ3n) is 4.73. The van der Waals surface area contributed by atoms with E-state index in [0.717, 1.165) is 38.8 Å². The summed E-state index contributed by atoms with van der Waals surface area (Å²) in [6, 6.07) is 4.33. The number of hydrogen-bond acceptors (Lipinski definition) is 3. The van der Waals surface area contributed by atoms with E-state index in [0.29, 0.717) is 11.3 Å². The van der Waals surface area contributed by atoms with Gasteiger partial charge in [-0.3, -0.25) is 4.99 Å². The molecule has 0 aromatic carbocycles. The van der Waals surface area contributed by atoms with Crippen molar-refractivity contribution in [3.05, 3.63) is 22.4 Å². The van der Waals surface area contributed by atoms with Crippen molar-refractivity contribution in [3.8, 4) is 0 Å². The maximum atomic E-state index is 5.61. The summed E-state index contributed by atoms with van der Waals surface area (Å²) in [4.78, 5) is 8.30. The van der Waals surface area contributed by atoms with Crippen LogP contribution in [0.2, 0.25) is 0 Å². The average Bonchev–Trinajstić information content (AvgIpc) is 3.23. The second kappa shape index (κ2) is 6.36. The standard InChI is InChI=1S/C16H25N3OS/c1-13(14-4-3-9-21-14)10-18-15(17-2)19-7-5-16(11-19)6-8-20-12-16/h3-4,9,13H,5-8,10-12H2,1-2H3,(H,17,18). The predicted molar refractivity (Wildman–Crippen MR) is 88.2 cm³/mol. The number of likely N-dealkylation sites (tertiary alicyclic amines) is 1. The molecular weight excluding hydrogens is 282 g/mol. The van der Waals surface area contributed by atoms with Crippen LogP contribution < -0.4 is 5.32 Å². The minimum absolute atomic E-state index is 0.386. The normalized spacial score (nSPS) is 27.5. The molecule has 1 spiro atoms. The summed E-state index contributed by atoms with van der Waals surface area (Å²) in [6.45, 7) is 7.23. The van der Waals surface area contributed by atoms with Crippen LogP contribution in [0.15, 0.2) is 22.5 Å². The SMILES string of the molecule is CN=C(NCC(C)c1cccs1)N1CCC2(CCOC2)C1. The molecule has 3 heterocycles. The summed E-state index contributed by atoms with van der Waals surface area (Å²) in [5.74, 6) is 1.57. The first-order valence-corrected chi connectivity index (χ1v) is 8.67. The monoisotopic (exact) mass is 307 g/mol. The molecule has 2 aliphatic rings. The van der Waals surface area contributed by atoms with Gasteiger partial charge in [-0.1, -0.05) is 13.0 Å². The fourth-order valence-corrected chi connectivity index (χ4v) is 4.12. The highest BCUT2D eigenvalue weighted by Gasteiger charge is 2.42. The summed E-state index contributed by atoms with van der Waals surface area (Å²) >= 11 is 1.83. The zero-order valence-corrected chi connectivity index (χ0v) is 13.8. The molecule has 0 radical (unpaired) electrons. The molecule has 0 aliphatic carbocycles. The smallest absolute Gasteiger partial charge is 0.193 e. The summed E-state index contributed by atoms with van der Waals surface area (Å²) < 4.78 is 5.61. The summed E-state index contributed by atoms with van der Waals surface area (Å²) in [6.07, 6.45) is 2.43. The fourth-order valence-electron chi connectivity index (χ4n) is 3.34. The lowest BCUT2D eigenvalue weighted by molar-refractivity contribution is 0.156. The van der Waals surface area contributed by atoms with Crippen LogP contribution >= 0.6 is 11.3 Å². The molecule has 2 atom stereocenters. The van der Waals surface area contributed by atoms with Crippen molar-refractivity contribution in [1.29, 1.82) is 0 Å². The van der Waals surface area contributed by atoms with Gasteiger partial charge in [-0.05, 0) is 24.3 Å². The molecule has 1 N–H and O–H groups in total. The Balaban J connectivity index is 1.54. The first-order chi connectivity index (χ1) is 10.2. The molecule has 1 aromatic rings. The van der Waals surface area contributed by atoms with Gasteiger partial charge in [-0.25, -0.2) is 0 Å². The number of nitrogens with one attached hydrogen (secondary N) is 1. The molecule has 5 heteroatoms. The van der Waals surface area contributed by atoms with Crippen LogP contribution in [0.1, 0.15) is 30.6 Å². The lowest BCUT2D eigenvalue weighted by Crippen LogP contribution is -2.42. The number of hydrogen-bond donors (Lipinski definition) is 1. The quantitative estimate of drug-likeness (QED) is 0.689. The van der Waals surface area contributed by atoms with Gasteiger partial charge < -0.3 is 15.0 Å². The van der Waals surface area contributed by atoms with E-state index in [-0.39, 0.29) is 0 Å². The predicted octanol–water partition coefficient (Wildman–Crippen LogP) is 2.54. The summed E-state index contributed by atoms with van der Waals surface area (Å²) in [5, 5.41) is 5.69. The van der Waals surface area contributed by atoms with E-state index in [1.165, 1.54) is 17.7 Å². The Hall–Kier alpha value is -1.07. The molecule has 2 fully saturated rings. The van der Waals surface area contributed by atoms with Gasteiger partial charge in [0.15, 0.2) is 5.96 Å². The van der Waals surface area contributed by atoms with Gasteiger partial charge in [0, 0.05) is 49.5 Å². The average molecular weight is 307 g/mol. The Labute approximate surface area is 131 Å². The Morgan fingerprint density at radius 1 is 1.57 bits per heavy atom. The van der Waals surface area contributed by atoms with E-state index < -0.39 is 0 Å². The van der Waals surface area contributed by atoms with E-state index >= 15 is 0 Å². The lowest BCUT2D eigenvalue weighted by atomic mass is 9.87. The molecule has 0 bridgehead atoms. The minimum atomic E-state index is 0.386. The maximum Gasteiger partial charge on any atom is 0.193 e. The first kappa shape index (κ1) is 14.9. The Kier molecular flexibility index (Phi) is 4.50. The molecule has 3 rings (SSSR count). The molecule has 0 amide bonds. The maximum absolute atomic E-state index is 5.61. The number of rotatable bonds is 3. The number of thiophene rings is 1. The van der Waals surface area contributed by atoms with Crippen LogP contribution in [-0.4, -0.2) is 50.8 Å². The number of aliphatic imine (C=N–C) groups is 1. The molecule has 21 heavy (non-hydrogen) atoms. The molecule has 2 aliphatic heterocycles. The van der Waals surface area contributed by atoms with Crippen LogP contribution in [-0.2, 0) is 4.74 Å². The van der Waals surface area contributed by atoms with E-state index in [1.54, 1.807) is 0 Å². The van der Waals surface area contributed by atoms with Gasteiger partial charge in [-0.15, -0.1) is 11.3 Å². The number of guanidine groups is 1. The van der Waals surface area contributed by atoms with Crippen LogP contribution in [0.4, 0.5) is 0 Å². The van der Waals surface area contributed by atoms with E-state index in [2.05, 4.69) is 39.6 Å². The van der Waals surface area contributed by atoms with Crippen molar-refractivity contribution in [1.82, 2.24) is 10.2 Å². The Bertz CT molecular complexity index is 480. The van der Waals surface area contributed by atoms with Crippen LogP contribution in [0.25, 0.3) is 0 Å². The number of ether oxygens (including phenoxy) is 1. The van der Waals surface area contributed by atoms with Gasteiger partial charge in [0.05, 0.1) is 6.61 Å². The number of nitrogens with zero attached hydrogens (tertiary/aromatic N) is 2. The van der Waals surface area contributed by atoms with Crippen molar-refractivity contribution in [3.63, 3.8) is 0 Å². The highest BCUT2D eigenvalue weighted by atomic mass is 32.1. The van der Waals surface area contributed by atoms with Gasteiger partial charge in [0.25, 0.3) is 0 Å². The van der Waals surface area contributed by atoms with Crippen LogP contribution in [0, 0.1) is 5.41 Å². The molecule has 4 nitrogen and oxygen atoms in total. The van der Waals surface area contributed by atoms with E-state index in [9.17, 15) is 0 Å².